The molecule has 1 heteroatoms. The number of para-hydroxylation sites is 1. The van der Waals surface area contributed by atoms with Gasteiger partial charge in [-0.25, -0.2) is 0 Å². The summed E-state index contributed by atoms with van der Waals surface area (Å²) in [5, 5.41) is 2.70. The van der Waals surface area contributed by atoms with Gasteiger partial charge < -0.3 is 4.57 Å². The molecule has 9 rings (SSSR count). The number of rotatable bonds is 4. The summed E-state index contributed by atoms with van der Waals surface area (Å²) in [5.74, 6) is 0. The predicted octanol–water partition coefficient (Wildman–Crippen LogP) is 11.9. The Morgan fingerprint density at radius 2 is 1.04 bits per heavy atom. The van der Waals surface area contributed by atoms with E-state index < -0.39 is 0 Å². The lowest BCUT2D eigenvalue weighted by Crippen LogP contribution is -2.10. The Morgan fingerprint density at radius 1 is 0.447 bits per heavy atom. The molecule has 7 aromatic carbocycles. The maximum absolute atomic E-state index is 2.49. The van der Waals surface area contributed by atoms with Crippen LogP contribution in [-0.2, 0) is 12.8 Å². The number of nitrogens with zero attached hydrogens (tertiary/aromatic N) is 1. The van der Waals surface area contributed by atoms with Crippen molar-refractivity contribution >= 4 is 21.8 Å². The number of hydrogen-bond donors (Lipinski definition) is 0. The minimum Gasteiger partial charge on any atom is -0.309 e. The Bertz CT molecular complexity index is 2400. The molecule has 0 unspecified atom stereocenters. The summed E-state index contributed by atoms with van der Waals surface area (Å²) < 4.78 is 2.49. The minimum atomic E-state index is 0.939. The van der Waals surface area contributed by atoms with Gasteiger partial charge in [0.2, 0.25) is 0 Å². The van der Waals surface area contributed by atoms with Gasteiger partial charge in [0.1, 0.15) is 0 Å². The van der Waals surface area contributed by atoms with Crippen molar-refractivity contribution in [2.24, 2.45) is 0 Å². The molecule has 0 saturated carbocycles. The Morgan fingerprint density at radius 3 is 1.77 bits per heavy atom. The SMILES string of the molecule is Cc1ccccc1-c1c(C)ccc2c1Cc1ccc3c(c1C2)c1ccccc1n3-c1cc(-c2ccccc2)cc(-c2ccccc2)c1. The third-order valence-corrected chi connectivity index (χ3v) is 10.2. The van der Waals surface area contributed by atoms with Gasteiger partial charge in [0.25, 0.3) is 0 Å². The van der Waals surface area contributed by atoms with E-state index in [-0.39, 0.29) is 0 Å². The van der Waals surface area contributed by atoms with Crippen LogP contribution in [-0.4, -0.2) is 4.57 Å². The summed E-state index contributed by atoms with van der Waals surface area (Å²) in [6.45, 7) is 4.50. The molecule has 0 radical (unpaired) electrons. The van der Waals surface area contributed by atoms with Gasteiger partial charge in [-0.2, -0.15) is 0 Å². The van der Waals surface area contributed by atoms with Crippen molar-refractivity contribution in [1.82, 2.24) is 4.57 Å². The zero-order valence-corrected chi connectivity index (χ0v) is 26.8. The molecule has 1 aliphatic carbocycles. The molecule has 1 heterocycles. The van der Waals surface area contributed by atoms with Gasteiger partial charge in [0.05, 0.1) is 11.0 Å². The molecule has 0 bridgehead atoms. The van der Waals surface area contributed by atoms with Crippen LogP contribution in [0.3, 0.4) is 0 Å². The van der Waals surface area contributed by atoms with E-state index in [1.165, 1.54) is 94.3 Å². The second kappa shape index (κ2) is 11.0. The highest BCUT2D eigenvalue weighted by molar-refractivity contribution is 6.11. The van der Waals surface area contributed by atoms with Gasteiger partial charge in [-0.3, -0.25) is 0 Å². The van der Waals surface area contributed by atoms with Crippen LogP contribution in [0.5, 0.6) is 0 Å². The van der Waals surface area contributed by atoms with E-state index in [0.29, 0.717) is 0 Å². The van der Waals surface area contributed by atoms with Crippen LogP contribution >= 0.6 is 0 Å². The number of benzene rings is 7. The molecule has 0 amide bonds. The second-order valence-electron chi connectivity index (χ2n) is 13.0. The van der Waals surface area contributed by atoms with E-state index in [2.05, 4.69) is 170 Å². The summed E-state index contributed by atoms with van der Waals surface area (Å²) in [7, 11) is 0. The summed E-state index contributed by atoms with van der Waals surface area (Å²) in [6.07, 6.45) is 1.89. The summed E-state index contributed by atoms with van der Waals surface area (Å²) in [4.78, 5) is 0. The van der Waals surface area contributed by atoms with Crippen molar-refractivity contribution < 1.29 is 0 Å². The van der Waals surface area contributed by atoms with Crippen LogP contribution in [0.15, 0.2) is 152 Å². The second-order valence-corrected chi connectivity index (χ2v) is 13.0. The van der Waals surface area contributed by atoms with Crippen LogP contribution in [0.4, 0.5) is 0 Å². The van der Waals surface area contributed by atoms with Crippen molar-refractivity contribution in [3.8, 4) is 39.1 Å². The van der Waals surface area contributed by atoms with E-state index in [4.69, 9.17) is 0 Å². The molecule has 0 aliphatic heterocycles. The molecular formula is C46H35N. The molecule has 1 aliphatic rings. The Balaban J connectivity index is 1.27. The first-order valence-corrected chi connectivity index (χ1v) is 16.6. The van der Waals surface area contributed by atoms with Crippen LogP contribution in [0, 0.1) is 13.8 Å². The molecule has 0 fully saturated rings. The van der Waals surface area contributed by atoms with Gasteiger partial charge in [-0.05, 0) is 124 Å². The fourth-order valence-electron chi connectivity index (χ4n) is 7.94. The molecule has 47 heavy (non-hydrogen) atoms. The monoisotopic (exact) mass is 601 g/mol. The van der Waals surface area contributed by atoms with Crippen LogP contribution in [0.2, 0.25) is 0 Å². The zero-order chi connectivity index (χ0) is 31.5. The van der Waals surface area contributed by atoms with Gasteiger partial charge >= 0.3 is 0 Å². The Kier molecular flexibility index (Phi) is 6.47. The minimum absolute atomic E-state index is 0.939. The normalized spacial score (nSPS) is 12.3. The first kappa shape index (κ1) is 27.6. The topological polar surface area (TPSA) is 4.93 Å². The number of fused-ring (bicyclic) bond motifs is 6. The van der Waals surface area contributed by atoms with E-state index >= 15 is 0 Å². The maximum atomic E-state index is 2.49. The molecule has 0 spiro atoms. The number of hydrogen-bond acceptors (Lipinski definition) is 0. The van der Waals surface area contributed by atoms with Gasteiger partial charge in [0, 0.05) is 16.5 Å². The van der Waals surface area contributed by atoms with E-state index in [1.54, 1.807) is 0 Å². The molecule has 1 aromatic heterocycles. The van der Waals surface area contributed by atoms with E-state index in [9.17, 15) is 0 Å². The van der Waals surface area contributed by atoms with Crippen LogP contribution in [0.25, 0.3) is 60.9 Å². The molecular weight excluding hydrogens is 567 g/mol. The molecule has 0 saturated heterocycles. The largest absolute Gasteiger partial charge is 0.309 e. The smallest absolute Gasteiger partial charge is 0.0544 e. The third-order valence-electron chi connectivity index (χ3n) is 10.2. The van der Waals surface area contributed by atoms with Gasteiger partial charge in [0.15, 0.2) is 0 Å². The lowest BCUT2D eigenvalue weighted by Gasteiger charge is -2.25. The molecule has 224 valence electrons. The van der Waals surface area contributed by atoms with Crippen molar-refractivity contribution in [2.45, 2.75) is 26.7 Å². The molecule has 0 N–H and O–H groups in total. The van der Waals surface area contributed by atoms with Crippen molar-refractivity contribution in [3.05, 3.63) is 185 Å². The van der Waals surface area contributed by atoms with Crippen LogP contribution < -0.4 is 0 Å². The van der Waals surface area contributed by atoms with Crippen molar-refractivity contribution in [3.63, 3.8) is 0 Å². The quantitative estimate of drug-likeness (QED) is 0.189. The molecule has 0 atom stereocenters. The predicted molar refractivity (Wildman–Crippen MR) is 199 cm³/mol. The summed E-state index contributed by atoms with van der Waals surface area (Å²) >= 11 is 0. The third kappa shape index (κ3) is 4.54. The number of aromatic nitrogens is 1. The van der Waals surface area contributed by atoms with Crippen molar-refractivity contribution in [1.29, 1.82) is 0 Å². The highest BCUT2D eigenvalue weighted by atomic mass is 15.0. The van der Waals surface area contributed by atoms with Gasteiger partial charge in [-0.15, -0.1) is 0 Å². The average molecular weight is 602 g/mol. The molecule has 8 aromatic rings. The first-order valence-electron chi connectivity index (χ1n) is 16.6. The first-order chi connectivity index (χ1) is 23.1. The highest BCUT2D eigenvalue weighted by Gasteiger charge is 2.25. The number of aryl methyl sites for hydroxylation is 2. The fraction of sp³-hybridized carbons (Fsp3) is 0.0870. The zero-order valence-electron chi connectivity index (χ0n) is 26.8. The standard InChI is InChI=1S/C46H35N/c1-30-13-9-10-18-39(30)45-31(2)21-22-34-29-42-35(28-41(34)45)23-24-44-46(42)40-19-11-12-20-43(40)47(44)38-26-36(32-14-5-3-6-15-32)25-37(27-38)33-16-7-4-8-17-33/h3-27H,28-29H2,1-2H3. The van der Waals surface area contributed by atoms with E-state index in [0.717, 1.165) is 12.8 Å². The lowest BCUT2D eigenvalue weighted by molar-refractivity contribution is 1.01. The highest BCUT2D eigenvalue weighted by Crippen LogP contribution is 2.43. The summed E-state index contributed by atoms with van der Waals surface area (Å²) in [6, 6.07) is 55.9. The van der Waals surface area contributed by atoms with E-state index in [1.807, 2.05) is 0 Å². The summed E-state index contributed by atoms with van der Waals surface area (Å²) in [5.41, 5.74) is 19.9. The maximum Gasteiger partial charge on any atom is 0.0544 e. The van der Waals surface area contributed by atoms with Crippen LogP contribution in [0.1, 0.15) is 33.4 Å². The Labute approximate surface area is 276 Å². The van der Waals surface area contributed by atoms with Crippen molar-refractivity contribution in [2.75, 3.05) is 0 Å². The lowest BCUT2D eigenvalue weighted by atomic mass is 9.79. The van der Waals surface area contributed by atoms with Gasteiger partial charge in [-0.1, -0.05) is 121 Å². The average Bonchev–Trinajstić information content (AvgIpc) is 3.47. The molecule has 1 nitrogen and oxygen atoms in total. The Hall–Kier alpha value is -5.66. The fourth-order valence-corrected chi connectivity index (χ4v) is 7.94.